The molecule has 4 aromatic carbocycles. The highest BCUT2D eigenvalue weighted by molar-refractivity contribution is 6.01. The van der Waals surface area contributed by atoms with Gasteiger partial charge in [-0.25, -0.2) is 4.79 Å². The number of ether oxygens (including phenoxy) is 1. The number of carboxylic acid groups (broad SMARTS) is 1. The Labute approximate surface area is 246 Å². The van der Waals surface area contributed by atoms with Gasteiger partial charge in [0.25, 0.3) is 0 Å². The smallest absolute Gasteiger partial charge is 0.341 e. The molecule has 0 saturated carbocycles. The van der Waals surface area contributed by atoms with Gasteiger partial charge in [0.1, 0.15) is 5.75 Å². The standard InChI is InChI=1S/C35H36N2O5/c1-25(38)37-30-18-9-17-29(22-30)35(41)33(23-32(27-13-4-2-5-14-27)28-15-6-3-7-16-28)36-20-10-12-26-11-8-19-31(21-26)42-24-34(39)40/h2-9,11,13-19,21-22,32-33,36H,10,12,20,23-24H2,1H3,(H,37,38)(H,39,40). The van der Waals surface area contributed by atoms with Crippen LogP contribution in [0, 0.1) is 0 Å². The van der Waals surface area contributed by atoms with E-state index in [0.717, 1.165) is 29.5 Å². The summed E-state index contributed by atoms with van der Waals surface area (Å²) in [4.78, 5) is 36.4. The van der Waals surface area contributed by atoms with Gasteiger partial charge in [0.2, 0.25) is 5.91 Å². The van der Waals surface area contributed by atoms with E-state index in [4.69, 9.17) is 9.84 Å². The maximum Gasteiger partial charge on any atom is 0.341 e. The van der Waals surface area contributed by atoms with Crippen LogP contribution in [-0.2, 0) is 16.0 Å². The Hall–Kier alpha value is -4.75. The number of hydrogen-bond acceptors (Lipinski definition) is 5. The molecule has 0 radical (unpaired) electrons. The van der Waals surface area contributed by atoms with Crippen LogP contribution >= 0.6 is 0 Å². The first-order valence-corrected chi connectivity index (χ1v) is 14.1. The molecule has 0 aromatic heterocycles. The molecule has 4 rings (SSSR count). The largest absolute Gasteiger partial charge is 0.482 e. The summed E-state index contributed by atoms with van der Waals surface area (Å²) >= 11 is 0. The number of aryl methyl sites for hydroxylation is 1. The maximum absolute atomic E-state index is 14.0. The average molecular weight is 565 g/mol. The summed E-state index contributed by atoms with van der Waals surface area (Å²) in [5.74, 6) is -0.741. The third kappa shape index (κ3) is 9.14. The van der Waals surface area contributed by atoms with E-state index in [9.17, 15) is 14.4 Å². The molecule has 0 saturated heterocycles. The zero-order chi connectivity index (χ0) is 29.7. The highest BCUT2D eigenvalue weighted by Crippen LogP contribution is 2.30. The molecule has 4 aromatic rings. The molecule has 42 heavy (non-hydrogen) atoms. The van der Waals surface area contributed by atoms with Crippen molar-refractivity contribution in [2.24, 2.45) is 0 Å². The summed E-state index contributed by atoms with van der Waals surface area (Å²) in [5, 5.41) is 15.2. The molecule has 0 heterocycles. The molecule has 1 amide bonds. The van der Waals surface area contributed by atoms with Gasteiger partial charge in [-0.05, 0) is 66.8 Å². The van der Waals surface area contributed by atoms with Crippen molar-refractivity contribution >= 4 is 23.3 Å². The van der Waals surface area contributed by atoms with Crippen molar-refractivity contribution in [1.82, 2.24) is 5.32 Å². The van der Waals surface area contributed by atoms with Crippen molar-refractivity contribution < 1.29 is 24.2 Å². The van der Waals surface area contributed by atoms with E-state index >= 15 is 0 Å². The van der Waals surface area contributed by atoms with Crippen LogP contribution in [0.3, 0.4) is 0 Å². The quantitative estimate of drug-likeness (QED) is 0.119. The number of carbonyl (C=O) groups excluding carboxylic acids is 2. The summed E-state index contributed by atoms with van der Waals surface area (Å²) in [7, 11) is 0. The molecule has 7 nitrogen and oxygen atoms in total. The van der Waals surface area contributed by atoms with Gasteiger partial charge in [0.15, 0.2) is 12.4 Å². The topological polar surface area (TPSA) is 105 Å². The predicted octanol–water partition coefficient (Wildman–Crippen LogP) is 6.10. The van der Waals surface area contributed by atoms with Gasteiger partial charge in [0.05, 0.1) is 6.04 Å². The van der Waals surface area contributed by atoms with Crippen LogP contribution in [-0.4, -0.2) is 42.0 Å². The predicted molar refractivity (Wildman–Crippen MR) is 164 cm³/mol. The van der Waals surface area contributed by atoms with E-state index in [2.05, 4.69) is 34.9 Å². The molecule has 3 N–H and O–H groups in total. The van der Waals surface area contributed by atoms with Crippen molar-refractivity contribution in [3.05, 3.63) is 131 Å². The number of aliphatic carboxylic acids is 1. The number of carbonyl (C=O) groups is 3. The summed E-state index contributed by atoms with van der Waals surface area (Å²) in [6.07, 6.45) is 2.05. The zero-order valence-electron chi connectivity index (χ0n) is 23.7. The summed E-state index contributed by atoms with van der Waals surface area (Å²) < 4.78 is 5.31. The van der Waals surface area contributed by atoms with Crippen LogP contribution in [0.5, 0.6) is 5.75 Å². The Morgan fingerprint density at radius 1 is 0.810 bits per heavy atom. The highest BCUT2D eigenvalue weighted by Gasteiger charge is 2.26. The SMILES string of the molecule is CC(=O)Nc1cccc(C(=O)C(CC(c2ccccc2)c2ccccc2)NCCCc2cccc(OCC(=O)O)c2)c1. The number of Topliss-reactive ketones (excluding diaryl/α,β-unsaturated/α-hetero) is 1. The van der Waals surface area contributed by atoms with Crippen molar-refractivity contribution in [2.75, 3.05) is 18.5 Å². The fourth-order valence-corrected chi connectivity index (χ4v) is 5.01. The number of benzene rings is 4. The summed E-state index contributed by atoms with van der Waals surface area (Å²) in [6.45, 7) is 1.65. The molecule has 1 unspecified atom stereocenters. The second-order valence-electron chi connectivity index (χ2n) is 10.2. The fourth-order valence-electron chi connectivity index (χ4n) is 5.01. The van der Waals surface area contributed by atoms with Crippen molar-refractivity contribution in [3.63, 3.8) is 0 Å². The second-order valence-corrected chi connectivity index (χ2v) is 10.2. The third-order valence-electron chi connectivity index (χ3n) is 6.95. The molecular formula is C35H36N2O5. The lowest BCUT2D eigenvalue weighted by Crippen LogP contribution is -2.39. The van der Waals surface area contributed by atoms with Gasteiger partial charge in [-0.3, -0.25) is 9.59 Å². The molecule has 0 aliphatic carbocycles. The number of anilines is 1. The Morgan fingerprint density at radius 3 is 2.12 bits per heavy atom. The first-order valence-electron chi connectivity index (χ1n) is 14.1. The molecule has 0 aliphatic rings. The van der Waals surface area contributed by atoms with Crippen molar-refractivity contribution in [1.29, 1.82) is 0 Å². The van der Waals surface area contributed by atoms with Crippen molar-refractivity contribution in [3.8, 4) is 5.75 Å². The molecule has 216 valence electrons. The average Bonchev–Trinajstić information content (AvgIpc) is 3.00. The molecule has 7 heteroatoms. The minimum Gasteiger partial charge on any atom is -0.482 e. The second kappa shape index (κ2) is 15.3. The lowest BCUT2D eigenvalue weighted by Gasteiger charge is -2.25. The van der Waals surface area contributed by atoms with E-state index in [0.29, 0.717) is 30.0 Å². The molecule has 1 atom stereocenters. The van der Waals surface area contributed by atoms with Gasteiger partial charge in [0, 0.05) is 24.1 Å². The van der Waals surface area contributed by atoms with Crippen LogP contribution in [0.4, 0.5) is 5.69 Å². The monoisotopic (exact) mass is 564 g/mol. The van der Waals surface area contributed by atoms with Gasteiger partial charge >= 0.3 is 5.97 Å². The number of hydrogen-bond donors (Lipinski definition) is 3. The van der Waals surface area contributed by atoms with Crippen LogP contribution in [0.2, 0.25) is 0 Å². The Morgan fingerprint density at radius 2 is 1.48 bits per heavy atom. The van der Waals surface area contributed by atoms with Gasteiger partial charge in [-0.15, -0.1) is 0 Å². The van der Waals surface area contributed by atoms with Crippen LogP contribution in [0.15, 0.2) is 109 Å². The lowest BCUT2D eigenvalue weighted by atomic mass is 9.84. The Balaban J connectivity index is 1.53. The van der Waals surface area contributed by atoms with Gasteiger partial charge < -0.3 is 20.5 Å². The van der Waals surface area contributed by atoms with E-state index < -0.39 is 12.0 Å². The maximum atomic E-state index is 14.0. The van der Waals surface area contributed by atoms with E-state index in [-0.39, 0.29) is 24.2 Å². The number of ketones is 1. The van der Waals surface area contributed by atoms with E-state index in [1.165, 1.54) is 6.92 Å². The van der Waals surface area contributed by atoms with Crippen LogP contribution in [0.25, 0.3) is 0 Å². The van der Waals surface area contributed by atoms with Gasteiger partial charge in [-0.2, -0.15) is 0 Å². The van der Waals surface area contributed by atoms with Gasteiger partial charge in [-0.1, -0.05) is 84.9 Å². The minimum atomic E-state index is -1.02. The Kier molecular flexibility index (Phi) is 11.0. The summed E-state index contributed by atoms with van der Waals surface area (Å²) in [6, 6.07) is 34.4. The number of amides is 1. The normalized spacial score (nSPS) is 11.6. The zero-order valence-corrected chi connectivity index (χ0v) is 23.7. The molecule has 0 aliphatic heterocycles. The lowest BCUT2D eigenvalue weighted by molar-refractivity contribution is -0.139. The number of rotatable bonds is 15. The molecule has 0 bridgehead atoms. The highest BCUT2D eigenvalue weighted by atomic mass is 16.5. The summed E-state index contributed by atoms with van der Waals surface area (Å²) in [5.41, 5.74) is 4.40. The van der Waals surface area contributed by atoms with Crippen LogP contribution in [0.1, 0.15) is 52.7 Å². The van der Waals surface area contributed by atoms with Crippen LogP contribution < -0.4 is 15.4 Å². The number of nitrogens with one attached hydrogen (secondary N) is 2. The first-order chi connectivity index (χ1) is 20.4. The molecular weight excluding hydrogens is 528 g/mol. The first kappa shape index (κ1) is 30.2. The van der Waals surface area contributed by atoms with Crippen molar-refractivity contribution in [2.45, 2.75) is 38.1 Å². The van der Waals surface area contributed by atoms with E-state index in [1.807, 2.05) is 54.6 Å². The molecule has 0 spiro atoms. The van der Waals surface area contributed by atoms with E-state index in [1.54, 1.807) is 30.3 Å². The molecule has 0 fully saturated rings. The third-order valence-corrected chi connectivity index (χ3v) is 6.95. The number of carboxylic acids is 1. The minimum absolute atomic E-state index is 0.00422. The fraction of sp³-hybridized carbons (Fsp3) is 0.229. The Bertz CT molecular complexity index is 1430.